The molecule has 0 radical (unpaired) electrons. The van der Waals surface area contributed by atoms with Crippen LogP contribution >= 0.6 is 0 Å². The van der Waals surface area contributed by atoms with Crippen molar-refractivity contribution in [2.45, 2.75) is 25.8 Å². The Morgan fingerprint density at radius 1 is 1.44 bits per heavy atom. The predicted molar refractivity (Wildman–Crippen MR) is 65.5 cm³/mol. The van der Waals surface area contributed by atoms with E-state index in [4.69, 9.17) is 0 Å². The second-order valence-electron chi connectivity index (χ2n) is 4.26. The fraction of sp³-hybridized carbons (Fsp3) is 0.462. The zero-order valence-corrected chi connectivity index (χ0v) is 9.65. The number of carbonyl (C=O) groups excluding carboxylic acids is 1. The molecule has 1 amide bonds. The molecule has 0 bridgehead atoms. The maximum atomic E-state index is 10.9. The van der Waals surface area contributed by atoms with E-state index in [1.54, 1.807) is 6.92 Å². The van der Waals surface area contributed by atoms with Crippen molar-refractivity contribution < 1.29 is 4.79 Å². The van der Waals surface area contributed by atoms with E-state index in [2.05, 4.69) is 34.5 Å². The Kier molecular flexibility index (Phi) is 3.44. The van der Waals surface area contributed by atoms with Crippen molar-refractivity contribution in [3.63, 3.8) is 0 Å². The third-order valence-electron chi connectivity index (χ3n) is 3.05. The average molecular weight is 218 g/mol. The van der Waals surface area contributed by atoms with Crippen molar-refractivity contribution in [2.24, 2.45) is 0 Å². The van der Waals surface area contributed by atoms with Gasteiger partial charge in [0.1, 0.15) is 0 Å². The van der Waals surface area contributed by atoms with Crippen LogP contribution in [0.4, 0.5) is 5.69 Å². The summed E-state index contributed by atoms with van der Waals surface area (Å²) in [5, 5.41) is 2.91. The minimum atomic E-state index is 0.0555. The quantitative estimate of drug-likeness (QED) is 0.839. The van der Waals surface area contributed by atoms with Crippen LogP contribution < -0.4 is 10.2 Å². The molecule has 16 heavy (non-hydrogen) atoms. The number of anilines is 1. The fourth-order valence-corrected chi connectivity index (χ4v) is 2.27. The highest BCUT2D eigenvalue weighted by Crippen LogP contribution is 2.24. The molecule has 0 spiro atoms. The Bertz CT molecular complexity index is 350. The molecule has 1 atom stereocenters. The Hall–Kier alpha value is -1.51. The molecule has 1 aromatic rings. The number of nitrogens with one attached hydrogen (secondary N) is 1. The third-order valence-corrected chi connectivity index (χ3v) is 3.05. The van der Waals surface area contributed by atoms with Gasteiger partial charge >= 0.3 is 0 Å². The standard InChI is InChI=1S/C13H18N2O/c1-11(16)14-10-13-8-5-9-15(13)12-6-3-2-4-7-12/h2-4,6-7,13H,5,8-10H2,1H3,(H,14,16)/t13-/m0/s1. The molecule has 3 heteroatoms. The molecule has 1 aliphatic heterocycles. The third kappa shape index (κ3) is 2.54. The zero-order chi connectivity index (χ0) is 11.4. The van der Waals surface area contributed by atoms with Gasteiger partial charge < -0.3 is 10.2 Å². The van der Waals surface area contributed by atoms with Crippen LogP contribution in [0.5, 0.6) is 0 Å². The molecule has 1 fully saturated rings. The van der Waals surface area contributed by atoms with Gasteiger partial charge in [0.05, 0.1) is 0 Å². The molecule has 2 rings (SSSR count). The van der Waals surface area contributed by atoms with Crippen molar-refractivity contribution in [2.75, 3.05) is 18.0 Å². The molecule has 86 valence electrons. The minimum absolute atomic E-state index is 0.0555. The van der Waals surface area contributed by atoms with Crippen LogP contribution in [0.1, 0.15) is 19.8 Å². The SMILES string of the molecule is CC(=O)NC[C@@H]1CCCN1c1ccccc1. The first-order valence-corrected chi connectivity index (χ1v) is 5.83. The van der Waals surface area contributed by atoms with Gasteiger partial charge in [0.25, 0.3) is 0 Å². The number of para-hydroxylation sites is 1. The van der Waals surface area contributed by atoms with Crippen molar-refractivity contribution >= 4 is 11.6 Å². The second-order valence-corrected chi connectivity index (χ2v) is 4.26. The van der Waals surface area contributed by atoms with Gasteiger partial charge in [0.2, 0.25) is 5.91 Å². The van der Waals surface area contributed by atoms with Crippen LogP contribution in [0, 0.1) is 0 Å². The normalized spacial score (nSPS) is 19.8. The average Bonchev–Trinajstić information content (AvgIpc) is 2.75. The van der Waals surface area contributed by atoms with Gasteiger partial charge in [-0.05, 0) is 25.0 Å². The van der Waals surface area contributed by atoms with Crippen molar-refractivity contribution in [1.82, 2.24) is 5.32 Å². The molecule has 0 aromatic heterocycles. The smallest absolute Gasteiger partial charge is 0.216 e. The number of carbonyl (C=O) groups is 1. The summed E-state index contributed by atoms with van der Waals surface area (Å²) in [6, 6.07) is 10.9. The number of nitrogens with zero attached hydrogens (tertiary/aromatic N) is 1. The molecule has 1 saturated heterocycles. The summed E-state index contributed by atoms with van der Waals surface area (Å²) in [6.45, 7) is 3.42. The Balaban J connectivity index is 2.01. The molecule has 1 N–H and O–H groups in total. The van der Waals surface area contributed by atoms with Crippen molar-refractivity contribution in [3.8, 4) is 0 Å². The molecule has 1 heterocycles. The molecule has 1 aliphatic rings. The summed E-state index contributed by atoms with van der Waals surface area (Å²) in [4.78, 5) is 13.3. The van der Waals surface area contributed by atoms with Crippen LogP contribution in [-0.2, 0) is 4.79 Å². The van der Waals surface area contributed by atoms with Crippen LogP contribution in [-0.4, -0.2) is 25.0 Å². The lowest BCUT2D eigenvalue weighted by atomic mass is 10.2. The number of benzene rings is 1. The fourth-order valence-electron chi connectivity index (χ4n) is 2.27. The minimum Gasteiger partial charge on any atom is -0.367 e. The van der Waals surface area contributed by atoms with Crippen LogP contribution in [0.25, 0.3) is 0 Å². The maximum absolute atomic E-state index is 10.9. The van der Waals surface area contributed by atoms with Crippen LogP contribution in [0.3, 0.4) is 0 Å². The van der Waals surface area contributed by atoms with Gasteiger partial charge in [-0.25, -0.2) is 0 Å². The van der Waals surface area contributed by atoms with Crippen molar-refractivity contribution in [1.29, 1.82) is 0 Å². The summed E-state index contributed by atoms with van der Waals surface area (Å²) in [5.74, 6) is 0.0555. The molecule has 1 aromatic carbocycles. The van der Waals surface area contributed by atoms with Crippen LogP contribution in [0.15, 0.2) is 30.3 Å². The van der Waals surface area contributed by atoms with Gasteiger partial charge in [0.15, 0.2) is 0 Å². The highest BCUT2D eigenvalue weighted by Gasteiger charge is 2.24. The second kappa shape index (κ2) is 5.01. The van der Waals surface area contributed by atoms with E-state index in [0.717, 1.165) is 19.5 Å². The summed E-state index contributed by atoms with van der Waals surface area (Å²) >= 11 is 0. The zero-order valence-electron chi connectivity index (χ0n) is 9.65. The number of rotatable bonds is 3. The van der Waals surface area contributed by atoms with E-state index in [9.17, 15) is 4.79 Å². The van der Waals surface area contributed by atoms with Gasteiger partial charge in [-0.3, -0.25) is 4.79 Å². The van der Waals surface area contributed by atoms with Crippen molar-refractivity contribution in [3.05, 3.63) is 30.3 Å². The van der Waals surface area contributed by atoms with E-state index in [1.165, 1.54) is 12.1 Å². The number of amides is 1. The molecule has 0 saturated carbocycles. The van der Waals surface area contributed by atoms with E-state index < -0.39 is 0 Å². The lowest BCUT2D eigenvalue weighted by molar-refractivity contribution is -0.119. The lowest BCUT2D eigenvalue weighted by Crippen LogP contribution is -2.39. The highest BCUT2D eigenvalue weighted by atomic mass is 16.1. The van der Waals surface area contributed by atoms with Gasteiger partial charge in [0, 0.05) is 31.7 Å². The number of hydrogen-bond acceptors (Lipinski definition) is 2. The molecular weight excluding hydrogens is 200 g/mol. The van der Waals surface area contributed by atoms with Gasteiger partial charge in [-0.15, -0.1) is 0 Å². The number of hydrogen-bond donors (Lipinski definition) is 1. The molecule has 3 nitrogen and oxygen atoms in total. The molecule has 0 unspecified atom stereocenters. The largest absolute Gasteiger partial charge is 0.367 e. The Labute approximate surface area is 96.5 Å². The topological polar surface area (TPSA) is 32.3 Å². The summed E-state index contributed by atoms with van der Waals surface area (Å²) in [6.07, 6.45) is 2.37. The van der Waals surface area contributed by atoms with E-state index in [-0.39, 0.29) is 5.91 Å². The first kappa shape index (κ1) is 11.0. The lowest BCUT2D eigenvalue weighted by Gasteiger charge is -2.26. The van der Waals surface area contributed by atoms with Crippen LogP contribution in [0.2, 0.25) is 0 Å². The molecule has 0 aliphatic carbocycles. The van der Waals surface area contributed by atoms with Gasteiger partial charge in [-0.1, -0.05) is 18.2 Å². The Morgan fingerprint density at radius 2 is 2.19 bits per heavy atom. The molecular formula is C13H18N2O. The summed E-state index contributed by atoms with van der Waals surface area (Å²) < 4.78 is 0. The van der Waals surface area contributed by atoms with Gasteiger partial charge in [-0.2, -0.15) is 0 Å². The monoisotopic (exact) mass is 218 g/mol. The first-order chi connectivity index (χ1) is 7.77. The maximum Gasteiger partial charge on any atom is 0.216 e. The summed E-state index contributed by atoms with van der Waals surface area (Å²) in [5.41, 5.74) is 1.26. The summed E-state index contributed by atoms with van der Waals surface area (Å²) in [7, 11) is 0. The van der Waals surface area contributed by atoms with E-state index in [0.29, 0.717) is 6.04 Å². The predicted octanol–water partition coefficient (Wildman–Crippen LogP) is 1.79. The highest BCUT2D eigenvalue weighted by molar-refractivity contribution is 5.72. The first-order valence-electron chi connectivity index (χ1n) is 5.83. The van der Waals surface area contributed by atoms with E-state index >= 15 is 0 Å². The van der Waals surface area contributed by atoms with E-state index in [1.807, 2.05) is 6.07 Å². The Morgan fingerprint density at radius 3 is 2.88 bits per heavy atom.